The van der Waals surface area contributed by atoms with Crippen LogP contribution in [-0.2, 0) is 32.1 Å². The Kier molecular flexibility index (Phi) is 17.1. The Morgan fingerprint density at radius 1 is 0.957 bits per heavy atom. The normalized spacial score (nSPS) is 19.0. The van der Waals surface area contributed by atoms with Crippen LogP contribution in [0.3, 0.4) is 0 Å². The van der Waals surface area contributed by atoms with E-state index < -0.39 is 52.9 Å². The zero-order chi connectivity index (χ0) is 50.3. The Labute approximate surface area is 413 Å². The molecule has 12 nitrogen and oxygen atoms in total. The Bertz CT molecular complexity index is 2570. The monoisotopic (exact) mass is 986 g/mol. The molecule has 70 heavy (non-hydrogen) atoms. The summed E-state index contributed by atoms with van der Waals surface area (Å²) in [6.45, 7) is 13.8. The minimum atomic E-state index is -1.60. The number of likely N-dealkylation sites (tertiary alicyclic amines) is 1. The Morgan fingerprint density at radius 3 is 2.34 bits per heavy atom. The summed E-state index contributed by atoms with van der Waals surface area (Å²) in [7, 11) is 0. The van der Waals surface area contributed by atoms with Crippen LogP contribution in [0.5, 0.6) is 5.75 Å². The van der Waals surface area contributed by atoms with Crippen molar-refractivity contribution in [2.24, 2.45) is 5.41 Å². The number of β-amino-alcohol motifs (C(OH)–C–C–N with tert-alkyl or cyclic N) is 1. The number of amides is 3. The number of alkyl halides is 1. The fourth-order valence-electron chi connectivity index (χ4n) is 9.71. The molecule has 0 spiro atoms. The number of para-hydroxylation sites is 1. The number of carbonyl (C=O) groups excluding carboxylic acids is 3. The van der Waals surface area contributed by atoms with Crippen LogP contribution >= 0.6 is 11.3 Å². The summed E-state index contributed by atoms with van der Waals surface area (Å²) in [4.78, 5) is 52.7. The van der Waals surface area contributed by atoms with E-state index in [0.717, 1.165) is 57.4 Å². The predicted molar refractivity (Wildman–Crippen MR) is 267 cm³/mol. The third kappa shape index (κ3) is 13.0. The number of aliphatic hydroxyl groups excluding tert-OH is 1. The zero-order valence-corrected chi connectivity index (χ0v) is 42.3. The van der Waals surface area contributed by atoms with Crippen molar-refractivity contribution < 1.29 is 42.1 Å². The molecule has 5 aromatic rings. The predicted octanol–water partition coefficient (Wildman–Crippen LogP) is 9.51. The number of nitrogens with one attached hydrogen (secondary N) is 3. The quantitative estimate of drug-likeness (QED) is 0.0532. The van der Waals surface area contributed by atoms with Gasteiger partial charge in [0.1, 0.15) is 35.1 Å². The van der Waals surface area contributed by atoms with Gasteiger partial charge in [0.15, 0.2) is 0 Å². The second kappa shape index (κ2) is 22.9. The van der Waals surface area contributed by atoms with Crippen molar-refractivity contribution >= 4 is 40.0 Å². The molecule has 0 bridgehead atoms. The Morgan fingerprint density at radius 2 is 1.66 bits per heavy atom. The molecular weight excluding hydrogens is 918 g/mol. The zero-order valence-electron chi connectivity index (χ0n) is 41.5. The average molecular weight is 987 g/mol. The highest BCUT2D eigenvalue weighted by molar-refractivity contribution is 7.13. The lowest BCUT2D eigenvalue weighted by atomic mass is 9.85. The summed E-state index contributed by atoms with van der Waals surface area (Å²) in [6, 6.07) is 15.3. The first kappa shape index (κ1) is 52.5. The number of benzene rings is 3. The molecule has 1 saturated heterocycles. The minimum Gasteiger partial charge on any atom is -0.493 e. The first-order valence-electron chi connectivity index (χ1n) is 24.6. The molecule has 2 aliphatic rings. The largest absolute Gasteiger partial charge is 0.493 e. The molecule has 0 aliphatic carbocycles. The second-order valence-electron chi connectivity index (χ2n) is 20.6. The molecule has 1 fully saturated rings. The standard InChI is InChI=1S/C54H69F3N6O6S/c1-33-25-40-39-15-11-12-16-43(39)60-47(40)48(63(33)31-54(6,7)57)46-41(55)27-38(28-42(46)56)69-24-14-23-68-22-13-9-8-10-17-45(65)61-50(53(3,4)5)52(67)62-30-37(64)26-44(62)51(66)58-29-35-18-20-36(21-19-35)49-34(2)59-32-70-49/h11-12,15-16,18-21,27-28,32-33,37,44,48,50,60,64H,8-10,13-14,17,22-26,29-31H2,1-7H3,(H,58,66)(H,61,65)/t33-,37-,44+,48-,50-/m1/s1. The van der Waals surface area contributed by atoms with Gasteiger partial charge in [-0.2, -0.15) is 0 Å². The number of aliphatic hydroxyl groups is 1. The van der Waals surface area contributed by atoms with Crippen molar-refractivity contribution in [3.63, 3.8) is 0 Å². The van der Waals surface area contributed by atoms with Crippen molar-refractivity contribution in [2.45, 2.75) is 142 Å². The number of hydrogen-bond donors (Lipinski definition) is 4. The molecule has 7 rings (SSSR count). The van der Waals surface area contributed by atoms with E-state index >= 15 is 13.2 Å². The van der Waals surface area contributed by atoms with Crippen LogP contribution in [0.2, 0.25) is 0 Å². The third-order valence-corrected chi connectivity index (χ3v) is 14.2. The van der Waals surface area contributed by atoms with Gasteiger partial charge in [-0.1, -0.05) is 76.1 Å². The van der Waals surface area contributed by atoms with Crippen LogP contribution < -0.4 is 15.4 Å². The molecule has 16 heteroatoms. The van der Waals surface area contributed by atoms with Crippen LogP contribution in [0.15, 0.2) is 66.2 Å². The van der Waals surface area contributed by atoms with Gasteiger partial charge in [0, 0.05) is 92.4 Å². The molecule has 2 aliphatic heterocycles. The van der Waals surface area contributed by atoms with E-state index in [1.165, 1.54) is 30.9 Å². The summed E-state index contributed by atoms with van der Waals surface area (Å²) in [5, 5.41) is 17.4. The number of hydrogen-bond acceptors (Lipinski definition) is 9. The maximum Gasteiger partial charge on any atom is 0.246 e. The molecule has 0 saturated carbocycles. The highest BCUT2D eigenvalue weighted by Gasteiger charge is 2.45. The lowest BCUT2D eigenvalue weighted by Crippen LogP contribution is -2.57. The Balaban J connectivity index is 0.808. The molecule has 4 heterocycles. The third-order valence-electron chi connectivity index (χ3n) is 13.3. The number of carbonyl (C=O) groups is 3. The number of aryl methyl sites for hydroxylation is 1. The van der Waals surface area contributed by atoms with Crippen LogP contribution in [0.1, 0.15) is 121 Å². The van der Waals surface area contributed by atoms with Gasteiger partial charge in [-0.05, 0) is 75.1 Å². The fraction of sp³-hybridized carbons (Fsp3) is 0.519. The highest BCUT2D eigenvalue weighted by Crippen LogP contribution is 2.44. The number of ether oxygens (including phenoxy) is 2. The number of unbranched alkanes of at least 4 members (excludes halogenated alkanes) is 3. The molecule has 0 unspecified atom stereocenters. The van der Waals surface area contributed by atoms with E-state index in [2.05, 4.69) is 20.6 Å². The van der Waals surface area contributed by atoms with Crippen molar-refractivity contribution in [3.8, 4) is 16.2 Å². The van der Waals surface area contributed by atoms with Crippen molar-refractivity contribution in [1.29, 1.82) is 0 Å². The average Bonchev–Trinajstić information content (AvgIpc) is 4.02. The van der Waals surface area contributed by atoms with Crippen LogP contribution in [0.25, 0.3) is 21.3 Å². The smallest absolute Gasteiger partial charge is 0.246 e. The molecular formula is C54H69F3N6O6S. The SMILES string of the molecule is Cc1ncsc1-c1ccc(CNC(=O)[C@@H]2C[C@@H](O)CN2C(=O)[C@@H](NC(=O)CCCCCCOCCCOc2cc(F)c([C@@H]3c4[nH]c5ccccc5c4C[C@@H](C)N3CC(C)(C)F)c(F)c2)C(C)(C)C)cc1. The maximum atomic E-state index is 16.0. The summed E-state index contributed by atoms with van der Waals surface area (Å²) in [6.07, 6.45) is 3.59. The number of fused-ring (bicyclic) bond motifs is 3. The van der Waals surface area contributed by atoms with Gasteiger partial charge in [-0.3, -0.25) is 19.3 Å². The van der Waals surface area contributed by atoms with E-state index in [1.807, 2.05) is 93.6 Å². The van der Waals surface area contributed by atoms with Gasteiger partial charge in [0.2, 0.25) is 17.7 Å². The number of rotatable bonds is 21. The fourth-order valence-corrected chi connectivity index (χ4v) is 10.5. The van der Waals surface area contributed by atoms with Gasteiger partial charge in [-0.15, -0.1) is 11.3 Å². The molecule has 3 aromatic carbocycles. The van der Waals surface area contributed by atoms with Gasteiger partial charge in [0.05, 0.1) is 34.8 Å². The van der Waals surface area contributed by atoms with Crippen LogP contribution in [0, 0.1) is 24.0 Å². The summed E-state index contributed by atoms with van der Waals surface area (Å²) in [5.74, 6) is -2.47. The number of halogens is 3. The summed E-state index contributed by atoms with van der Waals surface area (Å²) < 4.78 is 58.8. The first-order chi connectivity index (χ1) is 33.3. The Hall–Kier alpha value is -5.29. The topological polar surface area (TPSA) is 149 Å². The van der Waals surface area contributed by atoms with E-state index in [-0.39, 0.29) is 68.3 Å². The van der Waals surface area contributed by atoms with Gasteiger partial charge in [0.25, 0.3) is 0 Å². The lowest BCUT2D eigenvalue weighted by molar-refractivity contribution is -0.144. The second-order valence-corrected chi connectivity index (χ2v) is 21.5. The van der Waals surface area contributed by atoms with Gasteiger partial charge >= 0.3 is 0 Å². The molecule has 5 atom stereocenters. The van der Waals surface area contributed by atoms with E-state index in [4.69, 9.17) is 9.47 Å². The van der Waals surface area contributed by atoms with Crippen molar-refractivity contribution in [1.82, 2.24) is 30.4 Å². The van der Waals surface area contributed by atoms with E-state index in [0.29, 0.717) is 38.2 Å². The van der Waals surface area contributed by atoms with Crippen molar-refractivity contribution in [3.05, 3.63) is 106 Å². The number of thiazole rings is 1. The van der Waals surface area contributed by atoms with E-state index in [1.54, 1.807) is 11.3 Å². The van der Waals surface area contributed by atoms with Gasteiger partial charge in [-0.25, -0.2) is 18.2 Å². The lowest BCUT2D eigenvalue weighted by Gasteiger charge is -2.43. The molecule has 378 valence electrons. The molecule has 3 amide bonds. The molecule has 4 N–H and O–H groups in total. The first-order valence-corrected chi connectivity index (χ1v) is 25.5. The highest BCUT2D eigenvalue weighted by atomic mass is 32.1. The van der Waals surface area contributed by atoms with Crippen LogP contribution in [0.4, 0.5) is 13.2 Å². The number of nitrogens with zero attached hydrogens (tertiary/aromatic N) is 3. The number of H-pyrrole nitrogens is 1. The number of aromatic nitrogens is 2. The summed E-state index contributed by atoms with van der Waals surface area (Å²) >= 11 is 1.57. The summed E-state index contributed by atoms with van der Waals surface area (Å²) in [5.41, 5.74) is 4.85. The van der Waals surface area contributed by atoms with E-state index in [9.17, 15) is 19.5 Å². The van der Waals surface area contributed by atoms with Gasteiger partial charge < -0.3 is 35.1 Å². The maximum absolute atomic E-state index is 16.0. The molecule has 0 radical (unpaired) electrons. The minimum absolute atomic E-state index is 0.00143. The van der Waals surface area contributed by atoms with Crippen LogP contribution in [-0.4, -0.2) is 105 Å². The van der Waals surface area contributed by atoms with Crippen molar-refractivity contribution in [2.75, 3.05) is 32.9 Å². The number of aromatic amines is 1. The molecule has 2 aromatic heterocycles.